The van der Waals surface area contributed by atoms with Crippen molar-refractivity contribution in [2.75, 3.05) is 5.32 Å². The summed E-state index contributed by atoms with van der Waals surface area (Å²) in [6, 6.07) is 10.5. The maximum absolute atomic E-state index is 12.6. The van der Waals surface area contributed by atoms with Gasteiger partial charge < -0.3 is 14.6 Å². The molecule has 0 unspecified atom stereocenters. The van der Waals surface area contributed by atoms with Gasteiger partial charge in [0, 0.05) is 30.4 Å². The van der Waals surface area contributed by atoms with Crippen molar-refractivity contribution >= 4 is 11.6 Å². The van der Waals surface area contributed by atoms with E-state index in [0.29, 0.717) is 40.8 Å². The van der Waals surface area contributed by atoms with Crippen LogP contribution in [0.4, 0.5) is 5.69 Å². The lowest BCUT2D eigenvalue weighted by Crippen LogP contribution is -2.14. The van der Waals surface area contributed by atoms with E-state index in [-0.39, 0.29) is 5.91 Å². The molecule has 0 saturated carbocycles. The number of benzene rings is 1. The van der Waals surface area contributed by atoms with Crippen LogP contribution in [0, 0.1) is 6.92 Å². The van der Waals surface area contributed by atoms with Crippen molar-refractivity contribution < 1.29 is 14.1 Å². The van der Waals surface area contributed by atoms with Crippen LogP contribution >= 0.6 is 0 Å². The van der Waals surface area contributed by atoms with Gasteiger partial charge in [-0.2, -0.15) is 5.10 Å². The van der Waals surface area contributed by atoms with E-state index < -0.39 is 0 Å². The van der Waals surface area contributed by atoms with Crippen molar-refractivity contribution in [3.63, 3.8) is 0 Å². The highest BCUT2D eigenvalue weighted by molar-refractivity contribution is 6.05. The normalized spacial score (nSPS) is 10.5. The Morgan fingerprint density at radius 3 is 2.92 bits per heavy atom. The molecule has 0 aliphatic heterocycles. The Bertz CT molecular complexity index is 862. The molecular weight excluding hydrogens is 320 g/mol. The minimum Gasteiger partial charge on any atom is -0.437 e. The van der Waals surface area contributed by atoms with Gasteiger partial charge in [-0.3, -0.25) is 4.79 Å². The predicted octanol–water partition coefficient (Wildman–Crippen LogP) is 3.77. The third-order valence-corrected chi connectivity index (χ3v) is 3.50. The van der Waals surface area contributed by atoms with E-state index in [1.807, 2.05) is 6.92 Å². The number of hydrogen-bond donors (Lipinski definition) is 1. The Balaban J connectivity index is 1.76. The third kappa shape index (κ3) is 4.00. The fourth-order valence-electron chi connectivity index (χ4n) is 2.40. The molecule has 3 aromatic rings. The first-order valence-electron chi connectivity index (χ1n) is 7.99. The molecular formula is C18H18N4O3. The van der Waals surface area contributed by atoms with Gasteiger partial charge in [0.05, 0.1) is 5.69 Å². The van der Waals surface area contributed by atoms with Crippen molar-refractivity contribution in [2.45, 2.75) is 26.7 Å². The standard InChI is InChI=1S/C18H18N4O3/c1-3-6-15-17(12(2)22-25-15)18(23)20-13-7-4-8-14(11-13)24-16-9-5-10-19-21-16/h4-5,7-11H,3,6H2,1-2H3,(H,20,23). The Morgan fingerprint density at radius 2 is 2.16 bits per heavy atom. The highest BCUT2D eigenvalue weighted by atomic mass is 16.5. The summed E-state index contributed by atoms with van der Waals surface area (Å²) >= 11 is 0. The number of hydrogen-bond acceptors (Lipinski definition) is 6. The van der Waals surface area contributed by atoms with E-state index in [1.54, 1.807) is 49.5 Å². The highest BCUT2D eigenvalue weighted by Gasteiger charge is 2.20. The van der Waals surface area contributed by atoms with E-state index in [0.717, 1.165) is 6.42 Å². The average molecular weight is 338 g/mol. The summed E-state index contributed by atoms with van der Waals surface area (Å²) in [7, 11) is 0. The minimum absolute atomic E-state index is 0.251. The van der Waals surface area contributed by atoms with Crippen molar-refractivity contribution in [1.29, 1.82) is 0 Å². The average Bonchev–Trinajstić information content (AvgIpc) is 2.97. The molecule has 0 bridgehead atoms. The summed E-state index contributed by atoms with van der Waals surface area (Å²) in [6.07, 6.45) is 3.11. The molecule has 0 atom stereocenters. The first-order chi connectivity index (χ1) is 12.2. The summed E-state index contributed by atoms with van der Waals surface area (Å²) in [5.74, 6) is 1.28. The zero-order chi connectivity index (χ0) is 17.6. The van der Waals surface area contributed by atoms with Crippen molar-refractivity contribution in [3.05, 3.63) is 59.6 Å². The Hall–Kier alpha value is -3.22. The number of carbonyl (C=O) groups excluding carboxylic acids is 1. The van der Waals surface area contributed by atoms with Gasteiger partial charge in [-0.25, -0.2) is 0 Å². The van der Waals surface area contributed by atoms with Crippen LogP contribution in [0.25, 0.3) is 0 Å². The highest BCUT2D eigenvalue weighted by Crippen LogP contribution is 2.23. The van der Waals surface area contributed by atoms with Crippen LogP contribution in [0.15, 0.2) is 47.1 Å². The molecule has 1 N–H and O–H groups in total. The molecule has 2 aromatic heterocycles. The van der Waals surface area contributed by atoms with Gasteiger partial charge in [-0.1, -0.05) is 18.1 Å². The molecule has 2 heterocycles. The second kappa shape index (κ2) is 7.57. The third-order valence-electron chi connectivity index (χ3n) is 3.50. The SMILES string of the molecule is CCCc1onc(C)c1C(=O)Nc1cccc(Oc2cccnn2)c1. The second-order valence-corrected chi connectivity index (χ2v) is 5.46. The molecule has 0 aliphatic carbocycles. The summed E-state index contributed by atoms with van der Waals surface area (Å²) in [5.41, 5.74) is 1.67. The zero-order valence-electron chi connectivity index (χ0n) is 14.0. The monoisotopic (exact) mass is 338 g/mol. The van der Waals surface area contributed by atoms with Gasteiger partial charge in [0.1, 0.15) is 17.1 Å². The zero-order valence-corrected chi connectivity index (χ0v) is 14.0. The van der Waals surface area contributed by atoms with E-state index in [2.05, 4.69) is 20.7 Å². The first-order valence-corrected chi connectivity index (χ1v) is 7.99. The van der Waals surface area contributed by atoms with Crippen LogP contribution in [0.1, 0.15) is 35.2 Å². The summed E-state index contributed by atoms with van der Waals surface area (Å²) in [6.45, 7) is 3.78. The van der Waals surface area contributed by atoms with E-state index in [1.165, 1.54) is 0 Å². The van der Waals surface area contributed by atoms with Crippen molar-refractivity contribution in [1.82, 2.24) is 15.4 Å². The van der Waals surface area contributed by atoms with Crippen LogP contribution in [-0.2, 0) is 6.42 Å². The molecule has 3 rings (SSSR count). The molecule has 0 fully saturated rings. The number of anilines is 1. The van der Waals surface area contributed by atoms with Gasteiger partial charge in [0.25, 0.3) is 5.91 Å². The van der Waals surface area contributed by atoms with Gasteiger partial charge in [-0.05, 0) is 31.5 Å². The number of amides is 1. The van der Waals surface area contributed by atoms with Crippen LogP contribution in [0.5, 0.6) is 11.6 Å². The van der Waals surface area contributed by atoms with Gasteiger partial charge in [0.2, 0.25) is 5.88 Å². The maximum atomic E-state index is 12.6. The molecule has 1 aromatic carbocycles. The van der Waals surface area contributed by atoms with E-state index in [9.17, 15) is 4.79 Å². The molecule has 25 heavy (non-hydrogen) atoms. The maximum Gasteiger partial charge on any atom is 0.261 e. The number of nitrogens with zero attached hydrogens (tertiary/aromatic N) is 3. The number of ether oxygens (including phenoxy) is 1. The van der Waals surface area contributed by atoms with Crippen LogP contribution in [-0.4, -0.2) is 21.3 Å². The number of nitrogens with one attached hydrogen (secondary N) is 1. The minimum atomic E-state index is -0.251. The van der Waals surface area contributed by atoms with Crippen LogP contribution in [0.3, 0.4) is 0 Å². The fraction of sp³-hybridized carbons (Fsp3) is 0.222. The number of carbonyl (C=O) groups is 1. The Labute approximate surface area is 145 Å². The summed E-state index contributed by atoms with van der Waals surface area (Å²) < 4.78 is 10.9. The Kier molecular flexibility index (Phi) is 5.03. The molecule has 0 aliphatic rings. The topological polar surface area (TPSA) is 90.1 Å². The largest absolute Gasteiger partial charge is 0.437 e. The molecule has 7 nitrogen and oxygen atoms in total. The van der Waals surface area contributed by atoms with E-state index >= 15 is 0 Å². The lowest BCUT2D eigenvalue weighted by atomic mass is 10.1. The van der Waals surface area contributed by atoms with Crippen LogP contribution < -0.4 is 10.1 Å². The Morgan fingerprint density at radius 1 is 1.28 bits per heavy atom. The van der Waals surface area contributed by atoms with E-state index in [4.69, 9.17) is 9.26 Å². The fourth-order valence-corrected chi connectivity index (χ4v) is 2.40. The van der Waals surface area contributed by atoms with Gasteiger partial charge in [-0.15, -0.1) is 5.10 Å². The summed E-state index contributed by atoms with van der Waals surface area (Å²) in [4.78, 5) is 12.6. The lowest BCUT2D eigenvalue weighted by molar-refractivity contribution is 0.102. The summed E-state index contributed by atoms with van der Waals surface area (Å²) in [5, 5.41) is 14.4. The lowest BCUT2D eigenvalue weighted by Gasteiger charge is -2.08. The number of rotatable bonds is 6. The molecule has 1 amide bonds. The first kappa shape index (κ1) is 16.6. The van der Waals surface area contributed by atoms with Gasteiger partial charge in [0.15, 0.2) is 0 Å². The molecule has 0 spiro atoms. The smallest absolute Gasteiger partial charge is 0.261 e. The molecule has 7 heteroatoms. The van der Waals surface area contributed by atoms with Crippen molar-refractivity contribution in [2.24, 2.45) is 0 Å². The van der Waals surface area contributed by atoms with Gasteiger partial charge >= 0.3 is 0 Å². The number of aromatic nitrogens is 3. The number of aryl methyl sites for hydroxylation is 2. The predicted molar refractivity (Wildman–Crippen MR) is 91.7 cm³/mol. The second-order valence-electron chi connectivity index (χ2n) is 5.46. The van der Waals surface area contributed by atoms with Crippen molar-refractivity contribution in [3.8, 4) is 11.6 Å². The quantitative estimate of drug-likeness (QED) is 0.736. The molecule has 128 valence electrons. The molecule has 0 radical (unpaired) electrons. The van der Waals surface area contributed by atoms with Crippen LogP contribution in [0.2, 0.25) is 0 Å². The molecule has 0 saturated heterocycles.